The van der Waals surface area contributed by atoms with Gasteiger partial charge in [0.15, 0.2) is 0 Å². The van der Waals surface area contributed by atoms with Crippen LogP contribution in [0.25, 0.3) is 11.0 Å². The Hall–Kier alpha value is -3.20. The molecule has 3 N–H and O–H groups in total. The fourth-order valence-electron chi connectivity index (χ4n) is 3.67. The number of rotatable bonds is 2. The van der Waals surface area contributed by atoms with Gasteiger partial charge in [0.25, 0.3) is 11.5 Å². The highest BCUT2D eigenvalue weighted by molar-refractivity contribution is 5.97. The molecule has 1 aromatic carbocycles. The van der Waals surface area contributed by atoms with E-state index in [1.807, 2.05) is 0 Å². The molecule has 0 aliphatic carbocycles. The molecule has 1 amide bonds. The number of aliphatic hydroxyl groups is 1. The lowest BCUT2D eigenvalue weighted by Crippen LogP contribution is -2.55. The Labute approximate surface area is 159 Å². The minimum atomic E-state index is -1.20. The maximum Gasteiger partial charge on any atom is 0.328 e. The first-order valence-electron chi connectivity index (χ1n) is 9.03. The van der Waals surface area contributed by atoms with Crippen molar-refractivity contribution < 1.29 is 9.90 Å². The summed E-state index contributed by atoms with van der Waals surface area (Å²) in [6.45, 7) is 3.75. The van der Waals surface area contributed by atoms with Crippen molar-refractivity contribution in [2.45, 2.75) is 31.9 Å². The number of carbonyl (C=O) groups excluding carboxylic acids is 1. The minimum absolute atomic E-state index is 0.151. The zero-order valence-corrected chi connectivity index (χ0v) is 15.6. The molecule has 4 rings (SSSR count). The largest absolute Gasteiger partial charge is 0.388 e. The van der Waals surface area contributed by atoms with Gasteiger partial charge in [0.2, 0.25) is 0 Å². The Morgan fingerprint density at radius 1 is 1.36 bits per heavy atom. The topological polar surface area (TPSA) is 124 Å². The smallest absolute Gasteiger partial charge is 0.328 e. The number of aryl methyl sites for hydroxylation is 1. The molecular weight excluding hydrogens is 362 g/mol. The number of carbonyl (C=O) groups is 1. The Kier molecular flexibility index (Phi) is 4.19. The molecule has 28 heavy (non-hydrogen) atoms. The number of nitrogens with zero attached hydrogens (tertiary/aromatic N) is 3. The molecule has 1 saturated heterocycles. The van der Waals surface area contributed by atoms with Crippen LogP contribution in [-0.4, -0.2) is 54.1 Å². The second-order valence-corrected chi connectivity index (χ2v) is 7.49. The molecule has 3 aromatic rings. The first kappa shape index (κ1) is 18.2. The van der Waals surface area contributed by atoms with Crippen LogP contribution in [0.5, 0.6) is 0 Å². The summed E-state index contributed by atoms with van der Waals surface area (Å²) in [6, 6.07) is 4.54. The standard InChI is InChI=1S/C19H21N5O4/c1-11-8-24(18(27)22-16(11)25)15-9-23(6-5-19(15,2)28)17(26)12-3-4-13-14(7-12)21-10-20-13/h3-4,7-8,10,15,28H,5-6,9H2,1-2H3,(H,20,21)(H,22,25,27)/t15-,19-/m1/s1. The number of imidazole rings is 1. The minimum Gasteiger partial charge on any atom is -0.388 e. The molecule has 0 radical (unpaired) electrons. The van der Waals surface area contributed by atoms with Gasteiger partial charge in [0.05, 0.1) is 29.0 Å². The molecule has 0 unspecified atom stereocenters. The molecule has 1 aliphatic rings. The SMILES string of the molecule is Cc1cn([C@@H]2CN(C(=O)c3ccc4nc[nH]c4c3)CC[C@@]2(C)O)c(=O)[nH]c1=O. The third-order valence-electron chi connectivity index (χ3n) is 5.44. The van der Waals surface area contributed by atoms with Gasteiger partial charge >= 0.3 is 5.69 Å². The molecule has 9 heteroatoms. The van der Waals surface area contributed by atoms with E-state index >= 15 is 0 Å². The Bertz CT molecular complexity index is 1170. The fourth-order valence-corrected chi connectivity index (χ4v) is 3.67. The van der Waals surface area contributed by atoms with Crippen molar-refractivity contribution in [3.63, 3.8) is 0 Å². The van der Waals surface area contributed by atoms with Gasteiger partial charge in [-0.1, -0.05) is 0 Å². The number of hydrogen-bond donors (Lipinski definition) is 3. The predicted octanol–water partition coefficient (Wildman–Crippen LogP) is 0.560. The summed E-state index contributed by atoms with van der Waals surface area (Å²) in [6.07, 6.45) is 3.31. The maximum absolute atomic E-state index is 13.0. The summed E-state index contributed by atoms with van der Waals surface area (Å²) in [5.41, 5.74) is 0.140. The third-order valence-corrected chi connectivity index (χ3v) is 5.44. The number of H-pyrrole nitrogens is 2. The first-order valence-corrected chi connectivity index (χ1v) is 9.03. The van der Waals surface area contributed by atoms with E-state index in [9.17, 15) is 19.5 Å². The fraction of sp³-hybridized carbons (Fsp3) is 0.368. The molecular formula is C19H21N5O4. The molecule has 1 aliphatic heterocycles. The molecule has 2 atom stereocenters. The Morgan fingerprint density at radius 2 is 2.14 bits per heavy atom. The summed E-state index contributed by atoms with van der Waals surface area (Å²) in [5, 5.41) is 10.9. The van der Waals surface area contributed by atoms with Crippen LogP contribution < -0.4 is 11.2 Å². The summed E-state index contributed by atoms with van der Waals surface area (Å²) in [7, 11) is 0. The number of likely N-dealkylation sites (tertiary alicyclic amines) is 1. The number of nitrogens with one attached hydrogen (secondary N) is 2. The van der Waals surface area contributed by atoms with E-state index in [0.29, 0.717) is 24.1 Å². The molecule has 0 saturated carbocycles. The van der Waals surface area contributed by atoms with Crippen molar-refractivity contribution in [1.29, 1.82) is 0 Å². The van der Waals surface area contributed by atoms with Gasteiger partial charge in [0, 0.05) is 30.4 Å². The van der Waals surface area contributed by atoms with Crippen LogP contribution >= 0.6 is 0 Å². The van der Waals surface area contributed by atoms with Crippen molar-refractivity contribution in [1.82, 2.24) is 24.4 Å². The Morgan fingerprint density at radius 3 is 2.93 bits per heavy atom. The van der Waals surface area contributed by atoms with Crippen LogP contribution in [0.15, 0.2) is 40.3 Å². The zero-order chi connectivity index (χ0) is 20.1. The van der Waals surface area contributed by atoms with Crippen LogP contribution in [0.2, 0.25) is 0 Å². The van der Waals surface area contributed by atoms with Crippen LogP contribution in [0.4, 0.5) is 0 Å². The van der Waals surface area contributed by atoms with Gasteiger partial charge in [-0.05, 0) is 38.5 Å². The molecule has 9 nitrogen and oxygen atoms in total. The third kappa shape index (κ3) is 3.03. The lowest BCUT2D eigenvalue weighted by molar-refractivity contribution is -0.0460. The van der Waals surface area contributed by atoms with Crippen LogP contribution in [-0.2, 0) is 0 Å². The second kappa shape index (κ2) is 6.45. The van der Waals surface area contributed by atoms with E-state index in [2.05, 4.69) is 15.0 Å². The van der Waals surface area contributed by atoms with Crippen LogP contribution in [0.3, 0.4) is 0 Å². The van der Waals surface area contributed by atoms with Gasteiger partial charge in [-0.15, -0.1) is 0 Å². The summed E-state index contributed by atoms with van der Waals surface area (Å²) in [5.74, 6) is -0.189. The number of fused-ring (bicyclic) bond motifs is 1. The highest BCUT2D eigenvalue weighted by Gasteiger charge is 2.41. The summed E-state index contributed by atoms with van der Waals surface area (Å²) in [4.78, 5) is 48.0. The molecule has 146 valence electrons. The van der Waals surface area contributed by atoms with Crippen LogP contribution in [0, 0.1) is 6.92 Å². The van der Waals surface area contributed by atoms with E-state index in [-0.39, 0.29) is 12.5 Å². The number of aromatic amines is 2. The van der Waals surface area contributed by atoms with E-state index < -0.39 is 22.9 Å². The first-order chi connectivity index (χ1) is 13.3. The number of amides is 1. The lowest BCUT2D eigenvalue weighted by atomic mass is 9.87. The van der Waals surface area contributed by atoms with Crippen molar-refractivity contribution in [3.8, 4) is 0 Å². The molecule has 3 heterocycles. The average Bonchev–Trinajstić information content (AvgIpc) is 3.12. The van der Waals surface area contributed by atoms with E-state index in [1.165, 1.54) is 10.8 Å². The summed E-state index contributed by atoms with van der Waals surface area (Å²) >= 11 is 0. The van der Waals surface area contributed by atoms with Crippen molar-refractivity contribution >= 4 is 16.9 Å². The van der Waals surface area contributed by atoms with E-state index in [1.54, 1.807) is 43.3 Å². The van der Waals surface area contributed by atoms with E-state index in [0.717, 1.165) is 11.0 Å². The molecule has 0 bridgehead atoms. The Balaban J connectivity index is 1.67. The van der Waals surface area contributed by atoms with E-state index in [4.69, 9.17) is 0 Å². The lowest BCUT2D eigenvalue weighted by Gasteiger charge is -2.43. The van der Waals surface area contributed by atoms with Gasteiger partial charge < -0.3 is 15.0 Å². The van der Waals surface area contributed by atoms with Gasteiger partial charge in [-0.25, -0.2) is 9.78 Å². The van der Waals surface area contributed by atoms with Gasteiger partial charge in [0.1, 0.15) is 0 Å². The monoisotopic (exact) mass is 383 g/mol. The average molecular weight is 383 g/mol. The summed E-state index contributed by atoms with van der Waals surface area (Å²) < 4.78 is 1.31. The number of aromatic nitrogens is 4. The highest BCUT2D eigenvalue weighted by atomic mass is 16.3. The van der Waals surface area contributed by atoms with Gasteiger partial charge in [-0.3, -0.25) is 19.1 Å². The zero-order valence-electron chi connectivity index (χ0n) is 15.6. The van der Waals surface area contributed by atoms with Crippen molar-refractivity contribution in [2.24, 2.45) is 0 Å². The maximum atomic E-state index is 13.0. The molecule has 0 spiro atoms. The normalized spacial score (nSPS) is 22.5. The number of benzene rings is 1. The predicted molar refractivity (Wildman–Crippen MR) is 102 cm³/mol. The molecule has 2 aromatic heterocycles. The van der Waals surface area contributed by atoms with Crippen LogP contribution in [0.1, 0.15) is 35.3 Å². The quantitative estimate of drug-likeness (QED) is 0.596. The van der Waals surface area contributed by atoms with Gasteiger partial charge in [-0.2, -0.15) is 0 Å². The second-order valence-electron chi connectivity index (χ2n) is 7.49. The van der Waals surface area contributed by atoms with Crippen molar-refractivity contribution in [2.75, 3.05) is 13.1 Å². The van der Waals surface area contributed by atoms with Crippen molar-refractivity contribution in [3.05, 3.63) is 62.7 Å². The number of hydrogen-bond acceptors (Lipinski definition) is 5. The number of piperidine rings is 1. The molecule has 1 fully saturated rings. The highest BCUT2D eigenvalue weighted by Crippen LogP contribution is 2.31.